The van der Waals surface area contributed by atoms with Crippen LogP contribution in [-0.2, 0) is 16.1 Å². The number of carbonyl (C=O) groups excluding carboxylic acids is 1. The zero-order chi connectivity index (χ0) is 18.4. The average molecular weight is 352 g/mol. The van der Waals surface area contributed by atoms with Crippen molar-refractivity contribution in [3.05, 3.63) is 70.8 Å². The monoisotopic (exact) mass is 352 g/mol. The minimum atomic E-state index is -0.377. The van der Waals surface area contributed by atoms with E-state index < -0.39 is 0 Å². The molecule has 0 fully saturated rings. The molecule has 134 valence electrons. The van der Waals surface area contributed by atoms with E-state index in [-0.39, 0.29) is 37.7 Å². The smallest absolute Gasteiger partial charge is 0.307 e. The summed E-state index contributed by atoms with van der Waals surface area (Å²) < 4.78 is 12.1. The lowest BCUT2D eigenvalue weighted by Gasteiger charge is -2.09. The van der Waals surface area contributed by atoms with Gasteiger partial charge in [0.25, 0.3) is 5.56 Å². The van der Waals surface area contributed by atoms with Gasteiger partial charge in [-0.15, -0.1) is 0 Å². The van der Waals surface area contributed by atoms with E-state index in [1.54, 1.807) is 18.2 Å². The summed E-state index contributed by atoms with van der Waals surface area (Å²) in [5, 5.41) is 0.537. The minimum Gasteiger partial charge on any atom is -0.490 e. The standard InChI is InChI=1S/C20H20N2O4/c1-15-5-4-6-16(13-15)25-11-12-26-19(23)9-10-22-14-21-18-8-3-2-7-17(18)20(22)24/h2-8,13-14H,9-12H2,1H3. The first kappa shape index (κ1) is 17.7. The van der Waals surface area contributed by atoms with Crippen LogP contribution in [0.5, 0.6) is 5.75 Å². The third kappa shape index (κ3) is 4.47. The summed E-state index contributed by atoms with van der Waals surface area (Å²) in [6.45, 7) is 2.66. The van der Waals surface area contributed by atoms with Crippen LogP contribution in [0.25, 0.3) is 10.9 Å². The first-order valence-corrected chi connectivity index (χ1v) is 8.43. The van der Waals surface area contributed by atoms with Crippen LogP contribution in [0.15, 0.2) is 59.7 Å². The second kappa shape index (κ2) is 8.29. The summed E-state index contributed by atoms with van der Waals surface area (Å²) in [6.07, 6.45) is 1.56. The molecule has 0 spiro atoms. The van der Waals surface area contributed by atoms with Crippen molar-refractivity contribution in [3.63, 3.8) is 0 Å². The second-order valence-corrected chi connectivity index (χ2v) is 5.90. The molecule has 6 nitrogen and oxygen atoms in total. The fourth-order valence-electron chi connectivity index (χ4n) is 2.57. The zero-order valence-corrected chi connectivity index (χ0v) is 14.6. The molecule has 1 heterocycles. The number of nitrogens with zero attached hydrogens (tertiary/aromatic N) is 2. The van der Waals surface area contributed by atoms with Gasteiger partial charge in [0.1, 0.15) is 19.0 Å². The fourth-order valence-corrected chi connectivity index (χ4v) is 2.57. The van der Waals surface area contributed by atoms with Gasteiger partial charge in [-0.05, 0) is 36.8 Å². The molecule has 0 saturated carbocycles. The number of esters is 1. The summed E-state index contributed by atoms with van der Waals surface area (Å²) in [7, 11) is 0. The SMILES string of the molecule is Cc1cccc(OCCOC(=O)CCn2cnc3ccccc3c2=O)c1. The van der Waals surface area contributed by atoms with Crippen LogP contribution in [0.2, 0.25) is 0 Å². The fraction of sp³-hybridized carbons (Fsp3) is 0.250. The lowest BCUT2D eigenvalue weighted by atomic mass is 10.2. The third-order valence-electron chi connectivity index (χ3n) is 3.89. The summed E-state index contributed by atoms with van der Waals surface area (Å²) >= 11 is 0. The Bertz CT molecular complexity index is 965. The maximum Gasteiger partial charge on any atom is 0.307 e. The Kier molecular flexibility index (Phi) is 5.63. The van der Waals surface area contributed by atoms with Crippen LogP contribution < -0.4 is 10.3 Å². The van der Waals surface area contributed by atoms with E-state index in [2.05, 4.69) is 4.98 Å². The number of fused-ring (bicyclic) bond motifs is 1. The largest absolute Gasteiger partial charge is 0.490 e. The highest BCUT2D eigenvalue weighted by atomic mass is 16.6. The molecule has 0 saturated heterocycles. The van der Waals surface area contributed by atoms with Crippen molar-refractivity contribution < 1.29 is 14.3 Å². The Labute approximate surface area is 151 Å². The molecule has 3 rings (SSSR count). The van der Waals surface area contributed by atoms with Gasteiger partial charge in [0.05, 0.1) is 23.7 Å². The maximum absolute atomic E-state index is 12.3. The van der Waals surface area contributed by atoms with Crippen LogP contribution in [0.3, 0.4) is 0 Å². The molecule has 3 aromatic rings. The Hall–Kier alpha value is -3.15. The van der Waals surface area contributed by atoms with Crippen LogP contribution in [0, 0.1) is 6.92 Å². The summed E-state index contributed by atoms with van der Waals surface area (Å²) in [5.74, 6) is 0.368. The van der Waals surface area contributed by atoms with E-state index in [4.69, 9.17) is 9.47 Å². The molecule has 1 aromatic heterocycles. The molecule has 0 unspecified atom stereocenters. The van der Waals surface area contributed by atoms with Crippen LogP contribution in [0.1, 0.15) is 12.0 Å². The molecule has 26 heavy (non-hydrogen) atoms. The molecular formula is C20H20N2O4. The number of aromatic nitrogens is 2. The molecule has 0 bridgehead atoms. The van der Waals surface area contributed by atoms with Crippen molar-refractivity contribution in [2.45, 2.75) is 19.9 Å². The lowest BCUT2D eigenvalue weighted by molar-refractivity contribution is -0.144. The van der Waals surface area contributed by atoms with E-state index in [0.29, 0.717) is 10.9 Å². The number of ether oxygens (including phenoxy) is 2. The van der Waals surface area contributed by atoms with Crippen molar-refractivity contribution in [1.29, 1.82) is 0 Å². The van der Waals surface area contributed by atoms with E-state index in [0.717, 1.165) is 11.3 Å². The van der Waals surface area contributed by atoms with E-state index in [1.165, 1.54) is 10.9 Å². The van der Waals surface area contributed by atoms with Crippen molar-refractivity contribution in [3.8, 4) is 5.75 Å². The molecule has 0 atom stereocenters. The normalized spacial score (nSPS) is 10.7. The molecule has 0 aliphatic rings. The van der Waals surface area contributed by atoms with Gasteiger partial charge in [-0.3, -0.25) is 14.2 Å². The van der Waals surface area contributed by atoms with Crippen molar-refractivity contribution in [2.24, 2.45) is 0 Å². The molecule has 0 aliphatic carbocycles. The Morgan fingerprint density at radius 2 is 1.96 bits per heavy atom. The highest BCUT2D eigenvalue weighted by molar-refractivity contribution is 5.77. The number of hydrogen-bond acceptors (Lipinski definition) is 5. The first-order valence-electron chi connectivity index (χ1n) is 8.43. The summed E-state index contributed by atoms with van der Waals surface area (Å²) in [5.41, 5.74) is 1.59. The number of aryl methyl sites for hydroxylation is 2. The molecule has 0 radical (unpaired) electrons. The zero-order valence-electron chi connectivity index (χ0n) is 14.6. The van der Waals surface area contributed by atoms with Crippen LogP contribution >= 0.6 is 0 Å². The number of hydrogen-bond donors (Lipinski definition) is 0. The molecule has 0 aliphatic heterocycles. The van der Waals surface area contributed by atoms with Crippen LogP contribution in [0.4, 0.5) is 0 Å². The lowest BCUT2D eigenvalue weighted by Crippen LogP contribution is -2.23. The van der Waals surface area contributed by atoms with Gasteiger partial charge in [0, 0.05) is 6.54 Å². The highest BCUT2D eigenvalue weighted by Crippen LogP contribution is 2.12. The quantitative estimate of drug-likeness (QED) is 0.483. The molecule has 0 N–H and O–H groups in total. The topological polar surface area (TPSA) is 70.4 Å². The van der Waals surface area contributed by atoms with Crippen molar-refractivity contribution in [2.75, 3.05) is 13.2 Å². The number of rotatable bonds is 7. The Morgan fingerprint density at radius 1 is 1.12 bits per heavy atom. The Morgan fingerprint density at radius 3 is 2.81 bits per heavy atom. The number of para-hydroxylation sites is 1. The first-order chi connectivity index (χ1) is 12.6. The molecule has 0 amide bonds. The van der Waals surface area contributed by atoms with Crippen LogP contribution in [-0.4, -0.2) is 28.7 Å². The van der Waals surface area contributed by atoms with Gasteiger partial charge in [-0.2, -0.15) is 0 Å². The Balaban J connectivity index is 1.46. The summed E-state index contributed by atoms with van der Waals surface area (Å²) in [4.78, 5) is 28.4. The van der Waals surface area contributed by atoms with Gasteiger partial charge in [0.2, 0.25) is 0 Å². The number of carbonyl (C=O) groups is 1. The number of benzene rings is 2. The van der Waals surface area contributed by atoms with E-state index in [9.17, 15) is 9.59 Å². The highest BCUT2D eigenvalue weighted by Gasteiger charge is 2.07. The predicted molar refractivity (Wildman–Crippen MR) is 98.3 cm³/mol. The van der Waals surface area contributed by atoms with Gasteiger partial charge >= 0.3 is 5.97 Å². The van der Waals surface area contributed by atoms with Crippen molar-refractivity contribution >= 4 is 16.9 Å². The van der Waals surface area contributed by atoms with Gasteiger partial charge in [-0.1, -0.05) is 24.3 Å². The maximum atomic E-state index is 12.3. The van der Waals surface area contributed by atoms with Gasteiger partial charge in [0.15, 0.2) is 0 Å². The minimum absolute atomic E-state index is 0.102. The summed E-state index contributed by atoms with van der Waals surface area (Å²) in [6, 6.07) is 14.8. The van der Waals surface area contributed by atoms with E-state index >= 15 is 0 Å². The second-order valence-electron chi connectivity index (χ2n) is 5.90. The van der Waals surface area contributed by atoms with Gasteiger partial charge < -0.3 is 9.47 Å². The predicted octanol–water partition coefficient (Wildman–Crippen LogP) is 2.72. The van der Waals surface area contributed by atoms with Gasteiger partial charge in [-0.25, -0.2) is 4.98 Å². The molecular weight excluding hydrogens is 332 g/mol. The van der Waals surface area contributed by atoms with E-state index in [1.807, 2.05) is 37.3 Å². The average Bonchev–Trinajstić information content (AvgIpc) is 2.65. The molecule has 2 aromatic carbocycles. The molecule has 6 heteroatoms. The third-order valence-corrected chi connectivity index (χ3v) is 3.89. The van der Waals surface area contributed by atoms with Crippen molar-refractivity contribution in [1.82, 2.24) is 9.55 Å².